The van der Waals surface area contributed by atoms with Crippen molar-refractivity contribution in [2.75, 3.05) is 0 Å². The molecule has 0 fully saturated rings. The lowest BCUT2D eigenvalue weighted by molar-refractivity contribution is -0.119. The van der Waals surface area contributed by atoms with E-state index < -0.39 is 0 Å². The monoisotopic (exact) mass is 350 g/mol. The molecular weight excluding hydrogens is 308 g/mol. The predicted octanol–water partition coefficient (Wildman–Crippen LogP) is 7.35. The van der Waals surface area contributed by atoms with Crippen molar-refractivity contribution in [2.24, 2.45) is 0 Å². The zero-order valence-corrected chi connectivity index (χ0v) is 16.8. The Labute approximate surface area is 156 Å². The Morgan fingerprint density at radius 1 is 0.600 bits per heavy atom. The van der Waals surface area contributed by atoms with E-state index in [2.05, 4.69) is 19.1 Å². The molecule has 25 heavy (non-hydrogen) atoms. The minimum Gasteiger partial charge on any atom is -0.303 e. The normalized spacial score (nSPS) is 11.2. The fourth-order valence-corrected chi connectivity index (χ4v) is 3.08. The van der Waals surface area contributed by atoms with Crippen molar-refractivity contribution in [3.05, 3.63) is 12.2 Å². The van der Waals surface area contributed by atoms with Gasteiger partial charge in [-0.2, -0.15) is 0 Å². The highest BCUT2D eigenvalue weighted by molar-refractivity contribution is 5.78. The molecule has 0 aliphatic rings. The summed E-state index contributed by atoms with van der Waals surface area (Å²) in [5.74, 6) is 0.424. The quantitative estimate of drug-likeness (QED) is 0.131. The maximum Gasteiger partial charge on any atom is 0.132 e. The zero-order chi connectivity index (χ0) is 18.4. The highest BCUT2D eigenvalue weighted by Crippen LogP contribution is 2.10. The van der Waals surface area contributed by atoms with Crippen molar-refractivity contribution < 1.29 is 9.59 Å². The maximum atomic E-state index is 11.8. The van der Waals surface area contributed by atoms with Crippen LogP contribution < -0.4 is 0 Å². The fourth-order valence-electron chi connectivity index (χ4n) is 3.08. The Balaban J connectivity index is 3.24. The molecule has 0 heterocycles. The molecule has 0 aromatic carbocycles. The third kappa shape index (κ3) is 21.0. The number of ketones is 1. The van der Waals surface area contributed by atoms with E-state index in [1.807, 2.05) is 0 Å². The average molecular weight is 351 g/mol. The first-order chi connectivity index (χ1) is 12.3. The summed E-state index contributed by atoms with van der Waals surface area (Å²) >= 11 is 0. The van der Waals surface area contributed by atoms with Crippen LogP contribution in [0.2, 0.25) is 0 Å². The van der Waals surface area contributed by atoms with Gasteiger partial charge in [-0.15, -0.1) is 0 Å². The van der Waals surface area contributed by atoms with E-state index in [4.69, 9.17) is 0 Å². The van der Waals surface area contributed by atoms with E-state index in [9.17, 15) is 9.59 Å². The Kier molecular flexibility index (Phi) is 20.3. The fraction of sp³-hybridized carbons (Fsp3) is 0.826. The summed E-state index contributed by atoms with van der Waals surface area (Å²) in [5, 5.41) is 0. The number of Topliss-reactive ketones (excluding diaryl/α,β-unsaturated/α-hetero) is 1. The van der Waals surface area contributed by atoms with Crippen molar-refractivity contribution in [1.82, 2.24) is 0 Å². The molecule has 0 aromatic heterocycles. The number of carbonyl (C=O) groups excluding carboxylic acids is 2. The number of unbranched alkanes of at least 4 members (excludes halogenated alkanes) is 13. The van der Waals surface area contributed by atoms with E-state index in [1.165, 1.54) is 51.4 Å². The lowest BCUT2D eigenvalue weighted by atomic mass is 10.0. The number of rotatable bonds is 20. The molecular formula is C23H42O2. The number of allylic oxidation sites excluding steroid dienone is 2. The molecule has 0 aliphatic carbocycles. The van der Waals surface area contributed by atoms with Crippen molar-refractivity contribution in [3.63, 3.8) is 0 Å². The summed E-state index contributed by atoms with van der Waals surface area (Å²) in [7, 11) is 0. The van der Waals surface area contributed by atoms with Gasteiger partial charge in [0, 0.05) is 19.3 Å². The summed E-state index contributed by atoms with van der Waals surface area (Å²) in [6.07, 6.45) is 26.0. The molecule has 2 heteroatoms. The molecule has 146 valence electrons. The molecule has 0 bridgehead atoms. The summed E-state index contributed by atoms with van der Waals surface area (Å²) in [5.41, 5.74) is 0. The molecule has 0 atom stereocenters. The Morgan fingerprint density at radius 3 is 1.72 bits per heavy atom. The van der Waals surface area contributed by atoms with Gasteiger partial charge in [0.2, 0.25) is 0 Å². The van der Waals surface area contributed by atoms with Gasteiger partial charge in [-0.1, -0.05) is 76.9 Å². The van der Waals surface area contributed by atoms with Crippen LogP contribution in [-0.4, -0.2) is 12.1 Å². The van der Waals surface area contributed by atoms with Crippen molar-refractivity contribution in [2.45, 2.75) is 122 Å². The minimum atomic E-state index is 0.424. The number of aldehydes is 1. The molecule has 0 saturated heterocycles. The molecule has 0 N–H and O–H groups in total. The first kappa shape index (κ1) is 24.1. The Hall–Kier alpha value is -0.920. The van der Waals surface area contributed by atoms with Crippen LogP contribution in [0.15, 0.2) is 12.2 Å². The summed E-state index contributed by atoms with van der Waals surface area (Å²) in [4.78, 5) is 22.0. The molecule has 0 spiro atoms. The molecule has 0 aliphatic heterocycles. The summed E-state index contributed by atoms with van der Waals surface area (Å²) < 4.78 is 0. The highest BCUT2D eigenvalue weighted by atomic mass is 16.1. The lowest BCUT2D eigenvalue weighted by Gasteiger charge is -2.01. The SMILES string of the molecule is CCCCCCCCCC=CCCCC(=O)CCCCCCCC=O. The standard InChI is InChI=1S/C23H42O2/c1-2-3-4-5-6-7-8-9-10-11-14-17-20-23(25)21-18-15-12-13-16-19-22-24/h10-11,22H,2-9,12-21H2,1H3. The van der Waals surface area contributed by atoms with Crippen LogP contribution >= 0.6 is 0 Å². The van der Waals surface area contributed by atoms with Gasteiger partial charge in [0.15, 0.2) is 0 Å². The number of hydrogen-bond acceptors (Lipinski definition) is 2. The second kappa shape index (κ2) is 21.1. The molecule has 0 saturated carbocycles. The van der Waals surface area contributed by atoms with Crippen LogP contribution in [0.5, 0.6) is 0 Å². The zero-order valence-electron chi connectivity index (χ0n) is 16.8. The van der Waals surface area contributed by atoms with Crippen molar-refractivity contribution in [3.8, 4) is 0 Å². The van der Waals surface area contributed by atoms with Gasteiger partial charge < -0.3 is 4.79 Å². The van der Waals surface area contributed by atoms with Gasteiger partial charge in [0.25, 0.3) is 0 Å². The summed E-state index contributed by atoms with van der Waals surface area (Å²) in [6.45, 7) is 2.26. The van der Waals surface area contributed by atoms with Gasteiger partial charge in [-0.3, -0.25) is 4.79 Å². The minimum absolute atomic E-state index is 0.424. The third-order valence-electron chi connectivity index (χ3n) is 4.75. The molecule has 0 radical (unpaired) electrons. The van der Waals surface area contributed by atoms with E-state index >= 15 is 0 Å². The van der Waals surface area contributed by atoms with Crippen LogP contribution in [0, 0.1) is 0 Å². The first-order valence-electron chi connectivity index (χ1n) is 10.9. The van der Waals surface area contributed by atoms with E-state index in [-0.39, 0.29) is 0 Å². The molecule has 0 rings (SSSR count). The van der Waals surface area contributed by atoms with Gasteiger partial charge >= 0.3 is 0 Å². The smallest absolute Gasteiger partial charge is 0.132 e. The van der Waals surface area contributed by atoms with E-state index in [1.54, 1.807) is 0 Å². The van der Waals surface area contributed by atoms with Gasteiger partial charge in [0.05, 0.1) is 0 Å². The van der Waals surface area contributed by atoms with Gasteiger partial charge in [-0.05, 0) is 38.5 Å². The maximum absolute atomic E-state index is 11.8. The molecule has 2 nitrogen and oxygen atoms in total. The average Bonchev–Trinajstić information content (AvgIpc) is 2.62. The Bertz CT molecular complexity index is 320. The van der Waals surface area contributed by atoms with Crippen LogP contribution in [0.3, 0.4) is 0 Å². The van der Waals surface area contributed by atoms with Crippen LogP contribution in [0.25, 0.3) is 0 Å². The highest BCUT2D eigenvalue weighted by Gasteiger charge is 2.01. The summed E-state index contributed by atoms with van der Waals surface area (Å²) in [6, 6.07) is 0. The predicted molar refractivity (Wildman–Crippen MR) is 109 cm³/mol. The topological polar surface area (TPSA) is 34.1 Å². The van der Waals surface area contributed by atoms with E-state index in [0.29, 0.717) is 12.2 Å². The van der Waals surface area contributed by atoms with Crippen LogP contribution in [0.1, 0.15) is 122 Å². The second-order valence-corrected chi connectivity index (χ2v) is 7.29. The van der Waals surface area contributed by atoms with Crippen LogP contribution in [-0.2, 0) is 9.59 Å². The lowest BCUT2D eigenvalue weighted by Crippen LogP contribution is -1.97. The molecule has 0 aromatic rings. The second-order valence-electron chi connectivity index (χ2n) is 7.29. The van der Waals surface area contributed by atoms with Crippen molar-refractivity contribution >= 4 is 12.1 Å². The van der Waals surface area contributed by atoms with E-state index in [0.717, 1.165) is 64.1 Å². The Morgan fingerprint density at radius 2 is 1.08 bits per heavy atom. The van der Waals surface area contributed by atoms with Crippen LogP contribution in [0.4, 0.5) is 0 Å². The third-order valence-corrected chi connectivity index (χ3v) is 4.75. The van der Waals surface area contributed by atoms with Crippen molar-refractivity contribution in [1.29, 1.82) is 0 Å². The largest absolute Gasteiger partial charge is 0.303 e. The first-order valence-corrected chi connectivity index (χ1v) is 10.9. The number of hydrogen-bond donors (Lipinski definition) is 0. The number of carbonyl (C=O) groups is 2. The molecule has 0 amide bonds. The van der Waals surface area contributed by atoms with Gasteiger partial charge in [0.1, 0.15) is 12.1 Å². The molecule has 0 unspecified atom stereocenters. The van der Waals surface area contributed by atoms with Gasteiger partial charge in [-0.25, -0.2) is 0 Å².